The Kier molecular flexibility index (Phi) is 205. The minimum atomic E-state index is -5.39. The van der Waals surface area contributed by atoms with E-state index in [9.17, 15) is 0 Å². The Labute approximate surface area is 161 Å². The Morgan fingerprint density at radius 2 is 0.450 bits per heavy atom. The first-order chi connectivity index (χ1) is 4.00. The fourth-order valence-corrected chi connectivity index (χ4v) is 0. The molecule has 0 rings (SSSR count). The predicted molar refractivity (Wildman–Crippen MR) is 59.2 cm³/mol. The maximum atomic E-state index is 8.55. The van der Waals surface area contributed by atoms with Gasteiger partial charge in [0.1, 0.15) is 0 Å². The van der Waals surface area contributed by atoms with Crippen molar-refractivity contribution in [1.29, 1.82) is 0 Å². The van der Waals surface area contributed by atoms with Crippen LogP contribution in [0.2, 0.25) is 0 Å². The Bertz CT molecular complexity index is 139. The quantitative estimate of drug-likeness (QED) is 0.303. The van der Waals surface area contributed by atoms with Crippen molar-refractivity contribution >= 4 is 84.8 Å². The number of hydrogen-bond acceptors (Lipinski definition) is 9. The third-order valence-corrected chi connectivity index (χ3v) is 0. The van der Waals surface area contributed by atoms with Gasteiger partial charge in [0.25, 0.3) is 0 Å². The molecule has 0 fully saturated rings. The Balaban J connectivity index is -0.00000000427. The predicted octanol–water partition coefficient (Wildman–Crippen LogP) is -11.6. The van der Waals surface area contributed by atoms with Gasteiger partial charge in [-0.05, 0) is 0 Å². The third-order valence-electron chi connectivity index (χ3n) is 0. The maximum absolute atomic E-state index is 8.55. The van der Waals surface area contributed by atoms with Crippen LogP contribution in [0.3, 0.4) is 0 Å². The summed E-state index contributed by atoms with van der Waals surface area (Å²) in [5.74, 6) is 0. The molecule has 0 saturated heterocycles. The van der Waals surface area contributed by atoms with Crippen molar-refractivity contribution in [2.24, 2.45) is 0 Å². The first kappa shape index (κ1) is 95.7. The van der Waals surface area contributed by atoms with Gasteiger partial charge in [0.15, 0.2) is 0 Å². The van der Waals surface area contributed by atoms with Gasteiger partial charge in [-0.1, -0.05) is 0 Å². The molecule has 0 aliphatic rings. The van der Waals surface area contributed by atoms with E-state index >= 15 is 0 Å². The first-order valence-corrected chi connectivity index (χ1v) is 4.38. The molecule has 15 N–H and O–H groups in total. The van der Waals surface area contributed by atoms with E-state index in [4.69, 9.17) is 38.5 Å². The molecular weight excluding hydrogens is 373 g/mol. The van der Waals surface area contributed by atoms with Crippen LogP contribution in [-0.2, 0) is 9.13 Å². The summed E-state index contributed by atoms with van der Waals surface area (Å²) < 4.78 is 17.1. The zero-order valence-corrected chi connectivity index (χ0v) is 16.0. The molecule has 20 heteroatoms. The summed E-state index contributed by atoms with van der Waals surface area (Å²) in [7, 11) is -10.8. The molecule has 0 amide bonds. The molecule has 0 spiro atoms. The fraction of sp³-hybridized carbons (Fsp3) is 0. The van der Waals surface area contributed by atoms with E-state index < -0.39 is 15.6 Å². The van der Waals surface area contributed by atoms with Gasteiger partial charge in [0, 0.05) is 0 Å². The monoisotopic (exact) mass is 387 g/mol. The van der Waals surface area contributed by atoms with E-state index in [0.717, 1.165) is 0 Å². The average Bonchev–Trinajstić information content (AvgIpc) is 1.12. The molecule has 0 aliphatic carbocycles. The SMILES string of the molecule is N.O.O.O.O.O.O.O=P([O-])([O-])[O-].O=P([O-])([O-])[O-].[Mg+2].[Mg+2].[Mg+2]. The topological polar surface area (TPSA) is 396 Å². The summed E-state index contributed by atoms with van der Waals surface area (Å²) in [6.45, 7) is 0. The second-order valence-electron chi connectivity index (χ2n) is 0.894. The normalized spacial score (nSPS) is 5.90. The molecule has 0 aliphatic heterocycles. The standard InChI is InChI=1S/3Mg.H3N.2H3O4P.6H2O/c;;;;2*1-5(2,3)4;;;;;;/h;;;1H3;2*(H3,1,2,3,4);6*1H2/q3*+2;;;;;;;;;/p-6. The molecule has 15 nitrogen and oxygen atoms in total. The van der Waals surface area contributed by atoms with Crippen molar-refractivity contribution in [2.45, 2.75) is 0 Å². The van der Waals surface area contributed by atoms with Gasteiger partial charge in [-0.15, -0.1) is 0 Å². The van der Waals surface area contributed by atoms with Gasteiger partial charge < -0.3 is 77.5 Å². The summed E-state index contributed by atoms with van der Waals surface area (Å²) in [6, 6.07) is 0. The van der Waals surface area contributed by atoms with Gasteiger partial charge in [-0.25, -0.2) is 0 Å². The van der Waals surface area contributed by atoms with Crippen LogP contribution in [-0.4, -0.2) is 102 Å². The molecule has 0 unspecified atom stereocenters. The molecule has 0 bridgehead atoms. The largest absolute Gasteiger partial charge is 2.00 e. The van der Waals surface area contributed by atoms with E-state index in [1.165, 1.54) is 0 Å². The van der Waals surface area contributed by atoms with E-state index in [1.807, 2.05) is 0 Å². The van der Waals surface area contributed by atoms with Crippen LogP contribution in [0.5, 0.6) is 0 Å². The summed E-state index contributed by atoms with van der Waals surface area (Å²) >= 11 is 0. The van der Waals surface area contributed by atoms with Crippen LogP contribution in [0.25, 0.3) is 0 Å². The molecule has 0 atom stereocenters. The van der Waals surface area contributed by atoms with Gasteiger partial charge in [-0.3, -0.25) is 0 Å². The van der Waals surface area contributed by atoms with Crippen molar-refractivity contribution in [3.63, 3.8) is 0 Å². The van der Waals surface area contributed by atoms with Gasteiger partial charge in [-0.2, -0.15) is 15.6 Å². The van der Waals surface area contributed by atoms with Gasteiger partial charge in [0.2, 0.25) is 0 Å². The Morgan fingerprint density at radius 1 is 0.450 bits per heavy atom. The summed E-state index contributed by atoms with van der Waals surface area (Å²) in [4.78, 5) is 51.3. The smallest absolute Gasteiger partial charge is 0.822 e. The first-order valence-electron chi connectivity index (χ1n) is 1.46. The van der Waals surface area contributed by atoms with Crippen LogP contribution < -0.4 is 35.5 Å². The van der Waals surface area contributed by atoms with Crippen molar-refractivity contribution in [3.05, 3.63) is 0 Å². The van der Waals surface area contributed by atoms with Crippen LogP contribution >= 0.6 is 15.6 Å². The zero-order chi connectivity index (χ0) is 9.00. The van der Waals surface area contributed by atoms with Crippen molar-refractivity contribution in [2.75, 3.05) is 0 Å². The molecule has 0 saturated carbocycles. The maximum Gasteiger partial charge on any atom is 2.00 e. The Hall–Kier alpha value is 2.24. The van der Waals surface area contributed by atoms with Crippen molar-refractivity contribution in [3.8, 4) is 0 Å². The van der Waals surface area contributed by atoms with E-state index in [1.54, 1.807) is 0 Å². The van der Waals surface area contributed by atoms with Crippen LogP contribution in [0.1, 0.15) is 0 Å². The Morgan fingerprint density at radius 3 is 0.450 bits per heavy atom. The van der Waals surface area contributed by atoms with Crippen LogP contribution in [0.4, 0.5) is 0 Å². The van der Waals surface area contributed by atoms with Gasteiger partial charge >= 0.3 is 69.2 Å². The zero-order valence-electron chi connectivity index (χ0n) is 9.99. The third kappa shape index (κ3) is 1490. The molecule has 0 aromatic heterocycles. The fourth-order valence-electron chi connectivity index (χ4n) is 0. The van der Waals surface area contributed by atoms with Crippen LogP contribution in [0, 0.1) is 0 Å². The molecular formula is H15Mg3NO14P2. The molecule has 20 heavy (non-hydrogen) atoms. The van der Waals surface area contributed by atoms with Crippen molar-refractivity contribution in [1.82, 2.24) is 6.15 Å². The molecule has 0 radical (unpaired) electrons. The summed E-state index contributed by atoms with van der Waals surface area (Å²) in [6.07, 6.45) is 0. The van der Waals surface area contributed by atoms with Crippen molar-refractivity contribution < 1.29 is 71.3 Å². The van der Waals surface area contributed by atoms with E-state index in [-0.39, 0.29) is 108 Å². The number of phosphoric acid groups is 2. The summed E-state index contributed by atoms with van der Waals surface area (Å²) in [5, 5.41) is 0. The van der Waals surface area contributed by atoms with E-state index in [2.05, 4.69) is 0 Å². The number of rotatable bonds is 0. The minimum absolute atomic E-state index is 0. The molecule has 0 aromatic carbocycles. The second-order valence-corrected chi connectivity index (χ2v) is 2.68. The molecule has 0 aromatic rings. The molecule has 0 heterocycles. The number of hydrogen-bond donors (Lipinski definition) is 1. The summed E-state index contributed by atoms with van der Waals surface area (Å²) in [5.41, 5.74) is 0. The minimum Gasteiger partial charge on any atom is -0.822 e. The van der Waals surface area contributed by atoms with Crippen LogP contribution in [0.15, 0.2) is 0 Å². The average molecular weight is 388 g/mol. The molecule has 120 valence electrons. The van der Waals surface area contributed by atoms with Gasteiger partial charge in [0.05, 0.1) is 0 Å². The van der Waals surface area contributed by atoms with E-state index in [0.29, 0.717) is 0 Å². The second kappa shape index (κ2) is 42.9.